The number of halogens is 1. The van der Waals surface area contributed by atoms with Crippen LogP contribution < -0.4 is 9.62 Å². The average molecular weight is 469 g/mol. The monoisotopic (exact) mass is 468 g/mol. The lowest BCUT2D eigenvalue weighted by Crippen LogP contribution is -2.37. The van der Waals surface area contributed by atoms with Gasteiger partial charge in [-0.05, 0) is 62.4 Å². The van der Waals surface area contributed by atoms with Crippen LogP contribution in [0.25, 0.3) is 0 Å². The van der Waals surface area contributed by atoms with Crippen LogP contribution in [0.3, 0.4) is 0 Å². The van der Waals surface area contributed by atoms with Gasteiger partial charge in [-0.15, -0.1) is 0 Å². The molecule has 28 heavy (non-hydrogen) atoms. The first-order chi connectivity index (χ1) is 13.1. The predicted octanol–water partition coefficient (Wildman–Crippen LogP) is 3.55. The minimum atomic E-state index is -4.04. The summed E-state index contributed by atoms with van der Waals surface area (Å²) < 4.78 is 33.3. The molecule has 0 bridgehead atoms. The van der Waals surface area contributed by atoms with Gasteiger partial charge >= 0.3 is 5.97 Å². The number of rotatable bonds is 7. The van der Waals surface area contributed by atoms with Gasteiger partial charge in [0.25, 0.3) is 10.0 Å². The molecule has 9 heteroatoms. The predicted molar refractivity (Wildman–Crippen MR) is 111 cm³/mol. The number of amides is 1. The number of hydrogen-bond acceptors (Lipinski definition) is 5. The Bertz CT molecular complexity index is 941. The third-order valence-corrected chi connectivity index (χ3v) is 5.83. The third kappa shape index (κ3) is 5.80. The fourth-order valence-corrected chi connectivity index (χ4v) is 4.05. The second-order valence-electron chi connectivity index (χ2n) is 6.23. The highest BCUT2D eigenvalue weighted by Crippen LogP contribution is 2.26. The van der Waals surface area contributed by atoms with Gasteiger partial charge in [-0.3, -0.25) is 13.9 Å². The molecule has 0 saturated heterocycles. The highest BCUT2D eigenvalue weighted by Gasteiger charge is 2.28. The van der Waals surface area contributed by atoms with Crippen molar-refractivity contribution in [2.45, 2.75) is 31.8 Å². The van der Waals surface area contributed by atoms with Gasteiger partial charge in [0.2, 0.25) is 5.91 Å². The minimum Gasteiger partial charge on any atom is -0.462 e. The van der Waals surface area contributed by atoms with E-state index in [0.29, 0.717) is 11.4 Å². The van der Waals surface area contributed by atoms with Gasteiger partial charge in [-0.2, -0.15) is 0 Å². The van der Waals surface area contributed by atoms with Crippen molar-refractivity contribution >= 4 is 49.2 Å². The molecule has 0 fully saturated rings. The Morgan fingerprint density at radius 1 is 1.07 bits per heavy atom. The maximum absolute atomic E-state index is 13.2. The Kier molecular flexibility index (Phi) is 7.20. The maximum Gasteiger partial charge on any atom is 0.327 e. The van der Waals surface area contributed by atoms with Crippen LogP contribution in [0.2, 0.25) is 0 Å². The van der Waals surface area contributed by atoms with Gasteiger partial charge in [0.1, 0.15) is 6.54 Å². The summed E-state index contributed by atoms with van der Waals surface area (Å²) in [6, 6.07) is 12.3. The summed E-state index contributed by atoms with van der Waals surface area (Å²) >= 11 is 3.31. The number of nitrogens with zero attached hydrogens (tertiary/aromatic N) is 1. The molecule has 150 valence electrons. The summed E-state index contributed by atoms with van der Waals surface area (Å²) in [4.78, 5) is 23.3. The van der Waals surface area contributed by atoms with E-state index in [1.807, 2.05) is 0 Å². The number of carbonyl (C=O) groups is 2. The summed E-state index contributed by atoms with van der Waals surface area (Å²) in [5.41, 5.74) is 0.802. The van der Waals surface area contributed by atoms with Crippen molar-refractivity contribution in [3.63, 3.8) is 0 Å². The Morgan fingerprint density at radius 3 is 2.14 bits per heavy atom. The normalized spacial score (nSPS) is 11.2. The molecule has 7 nitrogen and oxygen atoms in total. The van der Waals surface area contributed by atoms with E-state index in [1.165, 1.54) is 31.2 Å². The van der Waals surface area contributed by atoms with Gasteiger partial charge in [0.15, 0.2) is 0 Å². The Morgan fingerprint density at radius 2 is 1.64 bits per heavy atom. The molecule has 0 aliphatic carbocycles. The van der Waals surface area contributed by atoms with Crippen molar-refractivity contribution in [1.82, 2.24) is 0 Å². The second kappa shape index (κ2) is 9.20. The molecule has 0 aliphatic rings. The molecular weight excluding hydrogens is 448 g/mol. The number of benzene rings is 2. The first-order valence-corrected chi connectivity index (χ1v) is 10.7. The van der Waals surface area contributed by atoms with Gasteiger partial charge < -0.3 is 10.1 Å². The van der Waals surface area contributed by atoms with Crippen molar-refractivity contribution in [1.29, 1.82) is 0 Å². The van der Waals surface area contributed by atoms with Crippen LogP contribution in [-0.4, -0.2) is 32.9 Å². The van der Waals surface area contributed by atoms with E-state index in [-0.39, 0.29) is 16.9 Å². The van der Waals surface area contributed by atoms with Crippen LogP contribution in [-0.2, 0) is 24.3 Å². The number of anilines is 2. The van der Waals surface area contributed by atoms with E-state index in [1.54, 1.807) is 38.1 Å². The van der Waals surface area contributed by atoms with Crippen LogP contribution in [0, 0.1) is 0 Å². The number of ether oxygens (including phenoxy) is 1. The Balaban J connectivity index is 2.40. The van der Waals surface area contributed by atoms with E-state index in [0.717, 1.165) is 8.78 Å². The van der Waals surface area contributed by atoms with Crippen LogP contribution in [0.4, 0.5) is 11.4 Å². The fourth-order valence-electron chi connectivity index (χ4n) is 2.38. The van der Waals surface area contributed by atoms with Gasteiger partial charge in [-0.1, -0.05) is 15.9 Å². The lowest BCUT2D eigenvalue weighted by Gasteiger charge is -2.24. The third-order valence-electron chi connectivity index (χ3n) is 3.52. The SMILES string of the molecule is CC(=O)Nc1ccc(S(=O)(=O)N(CC(=O)OC(C)C)c2ccc(Br)cc2)cc1. The number of sulfonamides is 1. The summed E-state index contributed by atoms with van der Waals surface area (Å²) in [6.45, 7) is 4.28. The maximum atomic E-state index is 13.2. The number of carbonyl (C=O) groups excluding carboxylic acids is 2. The van der Waals surface area contributed by atoms with Crippen molar-refractivity contribution < 1.29 is 22.7 Å². The zero-order chi connectivity index (χ0) is 20.9. The minimum absolute atomic E-state index is 0.0122. The van der Waals surface area contributed by atoms with Crippen LogP contribution in [0.15, 0.2) is 57.9 Å². The summed E-state index contributed by atoms with van der Waals surface area (Å²) in [7, 11) is -4.04. The average Bonchev–Trinajstić information content (AvgIpc) is 2.60. The number of hydrogen-bond donors (Lipinski definition) is 1. The van der Waals surface area contributed by atoms with E-state index >= 15 is 0 Å². The molecule has 2 rings (SSSR count). The quantitative estimate of drug-likeness (QED) is 0.627. The van der Waals surface area contributed by atoms with Gasteiger partial charge in [0, 0.05) is 17.1 Å². The molecule has 0 aliphatic heterocycles. The van der Waals surface area contributed by atoms with Crippen LogP contribution >= 0.6 is 15.9 Å². The molecule has 1 N–H and O–H groups in total. The molecule has 2 aromatic rings. The molecule has 0 atom stereocenters. The first-order valence-electron chi connectivity index (χ1n) is 8.45. The molecule has 0 aromatic heterocycles. The molecule has 0 heterocycles. The zero-order valence-electron chi connectivity index (χ0n) is 15.7. The smallest absolute Gasteiger partial charge is 0.327 e. The van der Waals surface area contributed by atoms with Crippen molar-refractivity contribution in [3.05, 3.63) is 53.0 Å². The molecule has 0 radical (unpaired) electrons. The van der Waals surface area contributed by atoms with Crippen molar-refractivity contribution in [2.24, 2.45) is 0 Å². The summed E-state index contributed by atoms with van der Waals surface area (Å²) in [5.74, 6) is -0.917. The van der Waals surface area contributed by atoms with Crippen molar-refractivity contribution in [2.75, 3.05) is 16.2 Å². The van der Waals surface area contributed by atoms with Crippen molar-refractivity contribution in [3.8, 4) is 0 Å². The lowest BCUT2D eigenvalue weighted by atomic mass is 10.3. The highest BCUT2D eigenvalue weighted by atomic mass is 79.9. The topological polar surface area (TPSA) is 92.8 Å². The molecule has 0 unspecified atom stereocenters. The fraction of sp³-hybridized carbons (Fsp3) is 0.263. The molecule has 0 spiro atoms. The summed E-state index contributed by atoms with van der Waals surface area (Å²) in [6.07, 6.45) is -0.362. The van der Waals surface area contributed by atoms with E-state index in [4.69, 9.17) is 4.74 Å². The van der Waals surface area contributed by atoms with E-state index < -0.39 is 22.5 Å². The number of esters is 1. The highest BCUT2D eigenvalue weighted by molar-refractivity contribution is 9.10. The molecule has 2 aromatic carbocycles. The van der Waals surface area contributed by atoms with E-state index in [9.17, 15) is 18.0 Å². The molecule has 0 saturated carbocycles. The largest absolute Gasteiger partial charge is 0.462 e. The molecule has 1 amide bonds. The zero-order valence-corrected chi connectivity index (χ0v) is 18.1. The molecular formula is C19H21BrN2O5S. The first kappa shape index (κ1) is 21.9. The van der Waals surface area contributed by atoms with Crippen LogP contribution in [0.5, 0.6) is 0 Å². The van der Waals surface area contributed by atoms with Gasteiger partial charge in [-0.25, -0.2) is 8.42 Å². The Labute approximate surface area is 172 Å². The van der Waals surface area contributed by atoms with Crippen LogP contribution in [0.1, 0.15) is 20.8 Å². The van der Waals surface area contributed by atoms with E-state index in [2.05, 4.69) is 21.2 Å². The standard InChI is InChI=1S/C19H21BrN2O5S/c1-13(2)27-19(24)12-22(17-8-4-15(20)5-9-17)28(25,26)18-10-6-16(7-11-18)21-14(3)23/h4-11,13H,12H2,1-3H3,(H,21,23). The van der Waals surface area contributed by atoms with Gasteiger partial charge in [0.05, 0.1) is 16.7 Å². The summed E-state index contributed by atoms with van der Waals surface area (Å²) in [5, 5.41) is 2.58. The second-order valence-corrected chi connectivity index (χ2v) is 9.01. The Hall–Kier alpha value is -2.39. The lowest BCUT2D eigenvalue weighted by molar-refractivity contribution is -0.145. The number of nitrogens with one attached hydrogen (secondary N) is 1.